The third-order valence-corrected chi connectivity index (χ3v) is 14.4. The van der Waals surface area contributed by atoms with Crippen LogP contribution in [0, 0.1) is 0 Å². The normalized spacial score (nSPS) is 18.8. The smallest absolute Gasteiger partial charge is 0.159 e. The number of thiophene rings is 2. The van der Waals surface area contributed by atoms with Crippen molar-refractivity contribution >= 4 is 86.1 Å². The van der Waals surface area contributed by atoms with Crippen molar-refractivity contribution < 1.29 is 0 Å². The summed E-state index contributed by atoms with van der Waals surface area (Å²) in [4.78, 5) is 12.8. The highest BCUT2D eigenvalue weighted by Gasteiger charge is 2.38. The third kappa shape index (κ3) is 5.32. The van der Waals surface area contributed by atoms with Gasteiger partial charge in [0, 0.05) is 74.3 Å². The second-order valence-electron chi connectivity index (χ2n) is 15.2. The van der Waals surface area contributed by atoms with E-state index in [0.29, 0.717) is 12.0 Å². The fourth-order valence-electron chi connectivity index (χ4n) is 9.35. The molecule has 1 aliphatic carbocycles. The Kier molecular flexibility index (Phi) is 7.57. The Labute approximate surface area is 338 Å². The lowest BCUT2D eigenvalue weighted by Crippen LogP contribution is -2.33. The standard InChI is InChI=1S/C51H36N4S2/c1-3-13-31(14-4-1)49-52-50(32-15-5-2-6-16-32)54-51(53-49)42-22-12-21-41-40-20-11-19-35(47(40)57-48(41)42)33-25-27-38-39-28-26-34(30-46(39)56-45(38)29-33)55-43-23-9-7-17-36(43)37-18-8-10-24-44(37)55/h1-7,9-17,19-30,37,44,51H,8,18H2,(H,52,53,54). The fraction of sp³-hybridized carbons (Fsp3) is 0.0980. The van der Waals surface area contributed by atoms with Gasteiger partial charge in [-0.3, -0.25) is 0 Å². The Morgan fingerprint density at radius 2 is 1.30 bits per heavy atom. The first-order chi connectivity index (χ1) is 28.2. The predicted octanol–water partition coefficient (Wildman–Crippen LogP) is 13.5. The van der Waals surface area contributed by atoms with Crippen molar-refractivity contribution in [2.45, 2.75) is 31.0 Å². The molecule has 12 rings (SSSR count). The van der Waals surface area contributed by atoms with E-state index in [1.165, 1.54) is 74.8 Å². The van der Waals surface area contributed by atoms with Gasteiger partial charge in [0.15, 0.2) is 5.84 Å². The molecule has 7 aromatic carbocycles. The summed E-state index contributed by atoms with van der Waals surface area (Å²) in [6.45, 7) is 0. The molecule has 9 aromatic rings. The maximum Gasteiger partial charge on any atom is 0.159 e. The Morgan fingerprint density at radius 1 is 0.579 bits per heavy atom. The molecule has 0 fully saturated rings. The van der Waals surface area contributed by atoms with Crippen molar-refractivity contribution in [2.24, 2.45) is 9.98 Å². The Morgan fingerprint density at radius 3 is 2.16 bits per heavy atom. The van der Waals surface area contributed by atoms with Crippen LogP contribution in [0.1, 0.15) is 47.2 Å². The molecule has 3 atom stereocenters. The van der Waals surface area contributed by atoms with Crippen LogP contribution in [0.25, 0.3) is 51.5 Å². The molecule has 2 aromatic heterocycles. The van der Waals surface area contributed by atoms with E-state index in [0.717, 1.165) is 34.8 Å². The van der Waals surface area contributed by atoms with Crippen LogP contribution in [-0.2, 0) is 0 Å². The molecule has 3 aliphatic rings. The fourth-order valence-corrected chi connectivity index (χ4v) is 11.9. The summed E-state index contributed by atoms with van der Waals surface area (Å²) < 4.78 is 5.19. The zero-order valence-electron chi connectivity index (χ0n) is 31.0. The average molecular weight is 769 g/mol. The molecule has 6 heteroatoms. The summed E-state index contributed by atoms with van der Waals surface area (Å²) in [5.74, 6) is 2.12. The van der Waals surface area contributed by atoms with Crippen molar-refractivity contribution in [3.63, 3.8) is 0 Å². The van der Waals surface area contributed by atoms with E-state index in [-0.39, 0.29) is 6.17 Å². The van der Waals surface area contributed by atoms with Gasteiger partial charge in [-0.1, -0.05) is 146 Å². The molecule has 3 unspecified atom stereocenters. The molecule has 4 heterocycles. The predicted molar refractivity (Wildman–Crippen MR) is 243 cm³/mol. The van der Waals surface area contributed by atoms with Crippen molar-refractivity contribution in [3.05, 3.63) is 192 Å². The van der Waals surface area contributed by atoms with Gasteiger partial charge in [-0.25, -0.2) is 9.98 Å². The quantitative estimate of drug-likeness (QED) is 0.177. The second kappa shape index (κ2) is 13.1. The van der Waals surface area contributed by atoms with Crippen LogP contribution in [0.2, 0.25) is 0 Å². The van der Waals surface area contributed by atoms with Crippen molar-refractivity contribution in [1.29, 1.82) is 0 Å². The zero-order chi connectivity index (χ0) is 37.5. The van der Waals surface area contributed by atoms with Gasteiger partial charge < -0.3 is 10.2 Å². The number of fused-ring (bicyclic) bond motifs is 9. The van der Waals surface area contributed by atoms with Crippen molar-refractivity contribution in [3.8, 4) is 11.1 Å². The maximum atomic E-state index is 5.24. The van der Waals surface area contributed by atoms with Gasteiger partial charge >= 0.3 is 0 Å². The molecule has 57 heavy (non-hydrogen) atoms. The van der Waals surface area contributed by atoms with Crippen LogP contribution in [0.4, 0.5) is 11.4 Å². The summed E-state index contributed by atoms with van der Waals surface area (Å²) in [5, 5.41) is 8.88. The largest absolute Gasteiger partial charge is 0.344 e. The van der Waals surface area contributed by atoms with Crippen LogP contribution in [0.3, 0.4) is 0 Å². The molecular weight excluding hydrogens is 733 g/mol. The van der Waals surface area contributed by atoms with Gasteiger partial charge in [-0.05, 0) is 53.8 Å². The number of amidine groups is 2. The number of aliphatic imine (C=N–C) groups is 2. The molecule has 2 aliphatic heterocycles. The average Bonchev–Trinajstić information content (AvgIpc) is 3.96. The Balaban J connectivity index is 0.943. The minimum absolute atomic E-state index is 0.290. The summed E-state index contributed by atoms with van der Waals surface area (Å²) in [6.07, 6.45) is 6.88. The van der Waals surface area contributed by atoms with Crippen molar-refractivity contribution in [2.75, 3.05) is 4.90 Å². The molecule has 0 spiro atoms. The first-order valence-corrected chi connectivity index (χ1v) is 21.4. The SMILES string of the molecule is C1=CC2C(CC1)c1ccccc1N2c1ccc2c(c1)sc1cc(-c3cccc4c3sc3c(C5N=C(c6ccccc6)N=C(c6ccccc6)N5)cccc34)ccc12. The maximum absolute atomic E-state index is 5.24. The minimum atomic E-state index is -0.290. The number of para-hydroxylation sites is 1. The second-order valence-corrected chi connectivity index (χ2v) is 17.3. The van der Waals surface area contributed by atoms with Crippen LogP contribution in [0.15, 0.2) is 180 Å². The lowest BCUT2D eigenvalue weighted by molar-refractivity contribution is 0.573. The highest BCUT2D eigenvalue weighted by atomic mass is 32.1. The van der Waals surface area contributed by atoms with E-state index < -0.39 is 0 Å². The van der Waals surface area contributed by atoms with E-state index in [1.54, 1.807) is 0 Å². The van der Waals surface area contributed by atoms with Crippen molar-refractivity contribution in [1.82, 2.24) is 5.32 Å². The Bertz CT molecular complexity index is 3140. The van der Waals surface area contributed by atoms with Gasteiger partial charge in [0.2, 0.25) is 0 Å². The lowest BCUT2D eigenvalue weighted by Gasteiger charge is -2.30. The van der Waals surface area contributed by atoms with Crippen LogP contribution < -0.4 is 10.2 Å². The summed E-state index contributed by atoms with van der Waals surface area (Å²) in [7, 11) is 0. The minimum Gasteiger partial charge on any atom is -0.344 e. The van der Waals surface area contributed by atoms with Gasteiger partial charge in [0.05, 0.1) is 6.04 Å². The van der Waals surface area contributed by atoms with Gasteiger partial charge in [0.1, 0.15) is 12.0 Å². The van der Waals surface area contributed by atoms with Crippen LogP contribution in [-0.4, -0.2) is 17.7 Å². The molecule has 0 saturated heterocycles. The highest BCUT2D eigenvalue weighted by Crippen LogP contribution is 2.50. The molecule has 0 bridgehead atoms. The Hall–Kier alpha value is -6.34. The first-order valence-electron chi connectivity index (χ1n) is 19.7. The number of allylic oxidation sites excluding steroid dienone is 1. The third-order valence-electron chi connectivity index (χ3n) is 12.0. The molecule has 0 radical (unpaired) electrons. The van der Waals surface area contributed by atoms with Gasteiger partial charge in [-0.2, -0.15) is 0 Å². The number of hydrogen-bond acceptors (Lipinski definition) is 6. The summed E-state index contributed by atoms with van der Waals surface area (Å²) >= 11 is 3.78. The molecule has 0 saturated carbocycles. The number of nitrogens with one attached hydrogen (secondary N) is 1. The van der Waals surface area contributed by atoms with Gasteiger partial charge in [0.25, 0.3) is 0 Å². The monoisotopic (exact) mass is 768 g/mol. The zero-order valence-corrected chi connectivity index (χ0v) is 32.6. The number of benzene rings is 7. The first kappa shape index (κ1) is 32.9. The van der Waals surface area contributed by atoms with Crippen LogP contribution in [0.5, 0.6) is 0 Å². The van der Waals surface area contributed by atoms with E-state index in [9.17, 15) is 0 Å². The molecule has 272 valence electrons. The van der Waals surface area contributed by atoms with Crippen LogP contribution >= 0.6 is 22.7 Å². The molecule has 1 N–H and O–H groups in total. The summed E-state index contributed by atoms with van der Waals surface area (Å²) in [6, 6.07) is 57.6. The number of rotatable bonds is 5. The number of anilines is 2. The topological polar surface area (TPSA) is 40.0 Å². The van der Waals surface area contributed by atoms with E-state index >= 15 is 0 Å². The number of nitrogens with zero attached hydrogens (tertiary/aromatic N) is 3. The lowest BCUT2D eigenvalue weighted by atomic mass is 9.86. The number of hydrogen-bond donors (Lipinski definition) is 1. The van der Waals surface area contributed by atoms with E-state index in [2.05, 4.69) is 156 Å². The van der Waals surface area contributed by atoms with E-state index in [1.807, 2.05) is 46.9 Å². The van der Waals surface area contributed by atoms with Gasteiger partial charge in [-0.15, -0.1) is 22.7 Å². The van der Waals surface area contributed by atoms with E-state index in [4.69, 9.17) is 9.98 Å². The molecular formula is C51H36N4S2. The molecule has 0 amide bonds. The highest BCUT2D eigenvalue weighted by molar-refractivity contribution is 7.26. The molecule has 4 nitrogen and oxygen atoms in total. The summed E-state index contributed by atoms with van der Waals surface area (Å²) in [5.41, 5.74) is 9.84.